The van der Waals surface area contributed by atoms with Crippen LogP contribution in [0.1, 0.15) is 63.0 Å². The monoisotopic (exact) mass is 380 g/mol. The summed E-state index contributed by atoms with van der Waals surface area (Å²) < 4.78 is 12.2. The summed E-state index contributed by atoms with van der Waals surface area (Å²) in [6.45, 7) is 2.24. The smallest absolute Gasteiger partial charge is 0.119 e. The predicted molar refractivity (Wildman–Crippen MR) is 108 cm³/mol. The highest BCUT2D eigenvalue weighted by molar-refractivity contribution is 5.85. The van der Waals surface area contributed by atoms with Crippen molar-refractivity contribution in [2.45, 2.75) is 63.5 Å². The maximum absolute atomic E-state index is 6.29. The number of nitrogens with one attached hydrogen (secondary N) is 1. The number of halogens is 1. The van der Waals surface area contributed by atoms with Crippen molar-refractivity contribution in [3.05, 3.63) is 23.8 Å². The Morgan fingerprint density at radius 3 is 2.77 bits per heavy atom. The molecule has 4 rings (SSSR count). The van der Waals surface area contributed by atoms with E-state index in [4.69, 9.17) is 15.2 Å². The van der Waals surface area contributed by atoms with E-state index in [1.54, 1.807) is 0 Å². The lowest BCUT2D eigenvalue weighted by Gasteiger charge is -2.47. The molecular weight excluding hydrogens is 348 g/mol. The predicted octanol–water partition coefficient (Wildman–Crippen LogP) is 4.68. The van der Waals surface area contributed by atoms with E-state index in [1.807, 2.05) is 0 Å². The molecule has 0 bridgehead atoms. The van der Waals surface area contributed by atoms with Gasteiger partial charge in [-0.15, -0.1) is 12.4 Å². The van der Waals surface area contributed by atoms with Crippen molar-refractivity contribution in [3.63, 3.8) is 0 Å². The number of rotatable bonds is 5. The van der Waals surface area contributed by atoms with E-state index >= 15 is 0 Å². The molecule has 2 aliphatic heterocycles. The van der Waals surface area contributed by atoms with Crippen LogP contribution in [0.25, 0.3) is 0 Å². The van der Waals surface area contributed by atoms with Crippen LogP contribution in [0.3, 0.4) is 0 Å². The second kappa shape index (κ2) is 9.29. The van der Waals surface area contributed by atoms with Gasteiger partial charge in [0.2, 0.25) is 0 Å². The second-order valence-electron chi connectivity index (χ2n) is 7.91. The van der Waals surface area contributed by atoms with Gasteiger partial charge in [0.05, 0.1) is 12.7 Å². The number of anilines is 1. The second-order valence-corrected chi connectivity index (χ2v) is 7.91. The van der Waals surface area contributed by atoms with Crippen LogP contribution in [0.2, 0.25) is 0 Å². The average molecular weight is 381 g/mol. The van der Waals surface area contributed by atoms with Gasteiger partial charge < -0.3 is 20.5 Å². The summed E-state index contributed by atoms with van der Waals surface area (Å²) in [5.74, 6) is 2.35. The van der Waals surface area contributed by atoms with Crippen LogP contribution in [0.5, 0.6) is 5.75 Å². The van der Waals surface area contributed by atoms with Crippen molar-refractivity contribution < 1.29 is 9.47 Å². The zero-order chi connectivity index (χ0) is 17.1. The first kappa shape index (κ1) is 19.8. The van der Waals surface area contributed by atoms with Gasteiger partial charge in [-0.1, -0.05) is 19.3 Å². The van der Waals surface area contributed by atoms with Crippen LogP contribution in [0.4, 0.5) is 5.69 Å². The van der Waals surface area contributed by atoms with Crippen LogP contribution >= 0.6 is 12.4 Å². The molecule has 3 N–H and O–H groups in total. The maximum Gasteiger partial charge on any atom is 0.119 e. The first-order valence-electron chi connectivity index (χ1n) is 10.2. The van der Waals surface area contributed by atoms with E-state index in [9.17, 15) is 0 Å². The van der Waals surface area contributed by atoms with Crippen molar-refractivity contribution in [1.82, 2.24) is 0 Å². The molecule has 146 valence electrons. The molecule has 0 amide bonds. The Kier molecular flexibility index (Phi) is 7.07. The Hall–Kier alpha value is -0.970. The lowest BCUT2D eigenvalue weighted by Crippen LogP contribution is -2.46. The van der Waals surface area contributed by atoms with Crippen LogP contribution < -0.4 is 15.8 Å². The van der Waals surface area contributed by atoms with E-state index in [1.165, 1.54) is 56.2 Å². The number of ether oxygens (including phenoxy) is 2. The molecule has 3 aliphatic rings. The minimum Gasteiger partial charge on any atom is -0.494 e. The Morgan fingerprint density at radius 2 is 1.96 bits per heavy atom. The summed E-state index contributed by atoms with van der Waals surface area (Å²) in [5, 5.41) is 3.90. The zero-order valence-corrected chi connectivity index (χ0v) is 16.4. The first-order valence-corrected chi connectivity index (χ1v) is 10.2. The molecule has 1 aromatic carbocycles. The quantitative estimate of drug-likeness (QED) is 0.728. The minimum absolute atomic E-state index is 0. The highest BCUT2D eigenvalue weighted by Crippen LogP contribution is 2.48. The van der Waals surface area contributed by atoms with Gasteiger partial charge >= 0.3 is 0 Å². The fourth-order valence-corrected chi connectivity index (χ4v) is 5.01. The van der Waals surface area contributed by atoms with E-state index in [0.29, 0.717) is 25.1 Å². The summed E-state index contributed by atoms with van der Waals surface area (Å²) in [6.07, 6.45) is 10.5. The molecule has 2 fully saturated rings. The minimum atomic E-state index is 0. The van der Waals surface area contributed by atoms with E-state index in [2.05, 4.69) is 23.5 Å². The molecule has 1 saturated carbocycles. The summed E-state index contributed by atoms with van der Waals surface area (Å²) in [7, 11) is 0. The van der Waals surface area contributed by atoms with Gasteiger partial charge in [0.25, 0.3) is 0 Å². The molecule has 0 aromatic heterocycles. The Balaban J connectivity index is 0.00000196. The topological polar surface area (TPSA) is 56.5 Å². The summed E-state index contributed by atoms with van der Waals surface area (Å²) >= 11 is 0. The van der Waals surface area contributed by atoms with Crippen LogP contribution in [-0.4, -0.2) is 25.8 Å². The van der Waals surface area contributed by atoms with Gasteiger partial charge in [-0.05, 0) is 62.8 Å². The highest BCUT2D eigenvalue weighted by atomic mass is 35.5. The highest BCUT2D eigenvalue weighted by Gasteiger charge is 2.42. The number of hydrogen-bond acceptors (Lipinski definition) is 4. The van der Waals surface area contributed by atoms with Gasteiger partial charge in [-0.3, -0.25) is 0 Å². The van der Waals surface area contributed by atoms with Gasteiger partial charge in [0, 0.05) is 29.8 Å². The van der Waals surface area contributed by atoms with Crippen LogP contribution in [0.15, 0.2) is 18.2 Å². The molecule has 1 aromatic rings. The first-order chi connectivity index (χ1) is 12.4. The van der Waals surface area contributed by atoms with E-state index in [-0.39, 0.29) is 18.5 Å². The lowest BCUT2D eigenvalue weighted by atomic mass is 9.71. The zero-order valence-electron chi connectivity index (χ0n) is 15.6. The van der Waals surface area contributed by atoms with Crippen molar-refractivity contribution in [3.8, 4) is 5.75 Å². The fraction of sp³-hybridized carbons (Fsp3) is 0.714. The molecule has 5 heteroatoms. The Bertz CT molecular complexity index is 577. The third-order valence-corrected chi connectivity index (χ3v) is 6.26. The fourth-order valence-electron chi connectivity index (χ4n) is 5.01. The third-order valence-electron chi connectivity index (χ3n) is 6.26. The molecule has 26 heavy (non-hydrogen) atoms. The molecular formula is C21H33ClN2O2. The van der Waals surface area contributed by atoms with Gasteiger partial charge in [-0.2, -0.15) is 0 Å². The number of hydrogen-bond donors (Lipinski definition) is 2. The maximum atomic E-state index is 6.29. The van der Waals surface area contributed by atoms with Gasteiger partial charge in [0.1, 0.15) is 5.75 Å². The SMILES string of the molecule is Cl.NCCCOc1ccc2c(c1)[C@H]1OCCC[C@H]1[C@@H](C1CCCCC1)N2. The van der Waals surface area contributed by atoms with E-state index < -0.39 is 0 Å². The number of benzene rings is 1. The van der Waals surface area contributed by atoms with Gasteiger partial charge in [0.15, 0.2) is 0 Å². The van der Waals surface area contributed by atoms with Crippen molar-refractivity contribution in [2.75, 3.05) is 25.1 Å². The lowest BCUT2D eigenvalue weighted by molar-refractivity contribution is -0.0459. The molecule has 3 atom stereocenters. The molecule has 0 spiro atoms. The number of nitrogens with two attached hydrogens (primary N) is 1. The molecule has 0 radical (unpaired) electrons. The molecule has 2 heterocycles. The van der Waals surface area contributed by atoms with Crippen LogP contribution in [0, 0.1) is 11.8 Å². The Morgan fingerprint density at radius 1 is 1.12 bits per heavy atom. The van der Waals surface area contributed by atoms with E-state index in [0.717, 1.165) is 24.7 Å². The van der Waals surface area contributed by atoms with Gasteiger partial charge in [-0.25, -0.2) is 0 Å². The number of fused-ring (bicyclic) bond motifs is 3. The largest absolute Gasteiger partial charge is 0.494 e. The summed E-state index contributed by atoms with van der Waals surface area (Å²) in [4.78, 5) is 0. The third kappa shape index (κ3) is 4.13. The average Bonchev–Trinajstić information content (AvgIpc) is 2.68. The molecule has 1 saturated heterocycles. The summed E-state index contributed by atoms with van der Waals surface area (Å²) in [5.41, 5.74) is 8.12. The molecule has 1 aliphatic carbocycles. The molecule has 0 unspecified atom stereocenters. The molecule has 4 nitrogen and oxygen atoms in total. The van der Waals surface area contributed by atoms with Crippen molar-refractivity contribution in [2.24, 2.45) is 17.6 Å². The van der Waals surface area contributed by atoms with Crippen molar-refractivity contribution in [1.29, 1.82) is 0 Å². The summed E-state index contributed by atoms with van der Waals surface area (Å²) in [6, 6.07) is 7.04. The van der Waals surface area contributed by atoms with Crippen molar-refractivity contribution >= 4 is 18.1 Å². The standard InChI is InChI=1S/C21H32N2O2.ClH/c22-11-5-13-24-16-9-10-19-18(14-16)21-17(8-4-12-25-21)20(23-19)15-6-2-1-3-7-15;/h9-10,14-15,17,20-21,23H,1-8,11-13,22H2;1H/t17-,20+,21-;/m0./s1. The Labute approximate surface area is 163 Å². The normalized spacial score (nSPS) is 28.3. The van der Waals surface area contributed by atoms with Crippen LogP contribution in [-0.2, 0) is 4.74 Å².